The fourth-order valence-electron chi connectivity index (χ4n) is 3.17. The molecule has 1 amide bonds. The average molecular weight is 447 g/mol. The van der Waals surface area contributed by atoms with Gasteiger partial charge < -0.3 is 24.8 Å². The number of nitrogens with zero attached hydrogens (tertiary/aromatic N) is 3. The summed E-state index contributed by atoms with van der Waals surface area (Å²) in [7, 11) is 0. The Hall–Kier alpha value is -3.17. The smallest absolute Gasteiger partial charge is 0.404 e. The lowest BCUT2D eigenvalue weighted by Crippen LogP contribution is -2.37. The lowest BCUT2D eigenvalue weighted by atomic mass is 9.77. The van der Waals surface area contributed by atoms with Crippen LogP contribution in [0.25, 0.3) is 11.4 Å². The van der Waals surface area contributed by atoms with Gasteiger partial charge in [0.1, 0.15) is 11.9 Å². The number of halogens is 1. The maximum absolute atomic E-state index is 11.3. The number of benzene rings is 1. The minimum Gasteiger partial charge on any atom is -0.443 e. The van der Waals surface area contributed by atoms with Crippen LogP contribution in [0.1, 0.15) is 32.6 Å². The summed E-state index contributed by atoms with van der Waals surface area (Å²) in [4.78, 5) is 19.8. The molecule has 2 heterocycles. The summed E-state index contributed by atoms with van der Waals surface area (Å²) < 4.78 is 16.3. The first-order valence-electron chi connectivity index (χ1n) is 9.48. The largest absolute Gasteiger partial charge is 0.443 e. The van der Waals surface area contributed by atoms with Crippen molar-refractivity contribution in [2.75, 3.05) is 6.61 Å². The van der Waals surface area contributed by atoms with Gasteiger partial charge in [0.15, 0.2) is 0 Å². The molecule has 2 unspecified atom stereocenters. The molecule has 3 rings (SSSR count). The highest BCUT2D eigenvalue weighted by atomic mass is 35.5. The maximum Gasteiger partial charge on any atom is 0.404 e. The monoisotopic (exact) mass is 446 g/mol. The molecule has 0 spiro atoms. The number of pyridine rings is 1. The summed E-state index contributed by atoms with van der Waals surface area (Å²) in [6.07, 6.45) is -0.435. The van der Waals surface area contributed by atoms with Crippen LogP contribution < -0.4 is 10.5 Å². The van der Waals surface area contributed by atoms with E-state index in [0.29, 0.717) is 28.0 Å². The highest BCUT2D eigenvalue weighted by Gasteiger charge is 2.40. The quantitative estimate of drug-likeness (QED) is 0.552. The Morgan fingerprint density at radius 2 is 2.06 bits per heavy atom. The van der Waals surface area contributed by atoms with E-state index in [-0.39, 0.29) is 5.89 Å². The van der Waals surface area contributed by atoms with Crippen molar-refractivity contribution in [2.45, 2.75) is 32.8 Å². The number of ether oxygens (including phenoxy) is 2. The Balaban J connectivity index is 1.87. The topological polar surface area (TPSA) is 134 Å². The van der Waals surface area contributed by atoms with Gasteiger partial charge in [-0.15, -0.1) is 0 Å². The fourth-order valence-corrected chi connectivity index (χ4v) is 3.28. The molecule has 1 aromatic carbocycles. The van der Waals surface area contributed by atoms with Gasteiger partial charge in [-0.05, 0) is 23.6 Å². The summed E-state index contributed by atoms with van der Waals surface area (Å²) in [6, 6.07) is 10.4. The molecular formula is C21H23ClN4O5. The number of hydrogen-bond donors (Lipinski definition) is 2. The number of amides is 1. The number of aliphatic hydroxyl groups excluding tert-OH is 1. The van der Waals surface area contributed by atoms with Crippen LogP contribution in [0.3, 0.4) is 0 Å². The zero-order chi connectivity index (χ0) is 22.6. The van der Waals surface area contributed by atoms with Crippen LogP contribution in [-0.4, -0.2) is 39.0 Å². The molecule has 10 heteroatoms. The Morgan fingerprint density at radius 3 is 2.68 bits per heavy atom. The number of rotatable bonds is 7. The predicted octanol–water partition coefficient (Wildman–Crippen LogP) is 4.16. The average Bonchev–Trinajstić information content (AvgIpc) is 3.17. The van der Waals surface area contributed by atoms with E-state index in [1.807, 2.05) is 20.8 Å². The molecule has 164 valence electrons. The zero-order valence-electron chi connectivity index (χ0n) is 17.3. The molecule has 9 nitrogen and oxygen atoms in total. The van der Waals surface area contributed by atoms with Gasteiger partial charge in [0.2, 0.25) is 17.6 Å². The van der Waals surface area contributed by atoms with E-state index >= 15 is 0 Å². The first-order valence-corrected chi connectivity index (χ1v) is 9.85. The van der Waals surface area contributed by atoms with E-state index in [0.717, 1.165) is 0 Å². The molecule has 0 saturated carbocycles. The molecule has 0 saturated heterocycles. The van der Waals surface area contributed by atoms with Gasteiger partial charge in [-0.25, -0.2) is 9.78 Å². The molecule has 0 aliphatic carbocycles. The van der Waals surface area contributed by atoms with Crippen molar-refractivity contribution in [3.63, 3.8) is 0 Å². The minimum absolute atomic E-state index is 0.216. The Morgan fingerprint density at radius 1 is 1.29 bits per heavy atom. The third-order valence-corrected chi connectivity index (χ3v) is 4.70. The van der Waals surface area contributed by atoms with Crippen molar-refractivity contribution < 1.29 is 23.9 Å². The number of carbonyl (C=O) groups is 1. The molecular weight excluding hydrogens is 424 g/mol. The second-order valence-electron chi connectivity index (χ2n) is 7.90. The Labute approximate surface area is 184 Å². The lowest BCUT2D eigenvalue weighted by molar-refractivity contribution is 0.0110. The maximum atomic E-state index is 11.3. The molecule has 0 fully saturated rings. The molecule has 2 atom stereocenters. The SMILES string of the molecule is CC(C)(C)C(c1nc(-c2cccc(Oc3ccc(Cl)cn3)c2)no1)C(CO)OC(N)=O. The van der Waals surface area contributed by atoms with Crippen molar-refractivity contribution >= 4 is 17.7 Å². The molecule has 0 aliphatic heterocycles. The molecule has 2 aromatic heterocycles. The van der Waals surface area contributed by atoms with Gasteiger partial charge in [-0.3, -0.25) is 0 Å². The van der Waals surface area contributed by atoms with E-state index in [1.54, 1.807) is 36.4 Å². The van der Waals surface area contributed by atoms with E-state index in [1.165, 1.54) is 6.20 Å². The number of aliphatic hydroxyl groups is 1. The Bertz CT molecular complexity index is 1030. The van der Waals surface area contributed by atoms with Crippen LogP contribution >= 0.6 is 11.6 Å². The number of aromatic nitrogens is 3. The van der Waals surface area contributed by atoms with Crippen LogP contribution in [0.5, 0.6) is 11.6 Å². The Kier molecular flexibility index (Phi) is 6.77. The normalized spacial score (nSPS) is 13.5. The molecule has 0 aliphatic rings. The summed E-state index contributed by atoms with van der Waals surface area (Å²) in [5.41, 5.74) is 5.32. The van der Waals surface area contributed by atoms with Gasteiger partial charge >= 0.3 is 6.09 Å². The minimum atomic E-state index is -0.992. The highest BCUT2D eigenvalue weighted by molar-refractivity contribution is 6.30. The lowest BCUT2D eigenvalue weighted by Gasteiger charge is -2.32. The van der Waals surface area contributed by atoms with Crippen molar-refractivity contribution in [3.05, 3.63) is 53.5 Å². The van der Waals surface area contributed by atoms with Crippen LogP contribution in [0, 0.1) is 5.41 Å². The van der Waals surface area contributed by atoms with E-state index < -0.39 is 30.1 Å². The van der Waals surface area contributed by atoms with Crippen molar-refractivity contribution in [1.82, 2.24) is 15.1 Å². The first-order chi connectivity index (χ1) is 14.7. The molecule has 3 N–H and O–H groups in total. The van der Waals surface area contributed by atoms with Gasteiger partial charge in [0.25, 0.3) is 0 Å². The van der Waals surface area contributed by atoms with Crippen molar-refractivity contribution in [1.29, 1.82) is 0 Å². The number of hydrogen-bond acceptors (Lipinski definition) is 8. The second-order valence-corrected chi connectivity index (χ2v) is 8.34. The molecule has 3 aromatic rings. The van der Waals surface area contributed by atoms with E-state index in [2.05, 4.69) is 15.1 Å². The van der Waals surface area contributed by atoms with E-state index in [9.17, 15) is 9.90 Å². The summed E-state index contributed by atoms with van der Waals surface area (Å²) in [5, 5.41) is 14.3. The zero-order valence-corrected chi connectivity index (χ0v) is 18.0. The van der Waals surface area contributed by atoms with Crippen molar-refractivity contribution in [2.24, 2.45) is 11.1 Å². The van der Waals surface area contributed by atoms with Crippen LogP contribution in [-0.2, 0) is 4.74 Å². The van der Waals surface area contributed by atoms with Crippen LogP contribution in [0.2, 0.25) is 5.02 Å². The van der Waals surface area contributed by atoms with Gasteiger partial charge in [0, 0.05) is 17.8 Å². The van der Waals surface area contributed by atoms with Crippen molar-refractivity contribution in [3.8, 4) is 23.0 Å². The van der Waals surface area contributed by atoms with E-state index in [4.69, 9.17) is 31.3 Å². The van der Waals surface area contributed by atoms with Crippen LogP contribution in [0.4, 0.5) is 4.79 Å². The summed E-state index contributed by atoms with van der Waals surface area (Å²) in [5.74, 6) is 0.862. The summed E-state index contributed by atoms with van der Waals surface area (Å²) >= 11 is 5.84. The number of carbonyl (C=O) groups excluding carboxylic acids is 1. The first kappa shape index (κ1) is 22.5. The predicted molar refractivity (Wildman–Crippen MR) is 113 cm³/mol. The molecule has 0 bridgehead atoms. The molecule has 31 heavy (non-hydrogen) atoms. The second kappa shape index (κ2) is 9.32. The standard InChI is InChI=1S/C21H23ClN4O5/c1-21(2,3)17(15(11-27)30-20(23)28)19-25-18(26-31-19)12-5-4-6-14(9-12)29-16-8-7-13(22)10-24-16/h4-10,15,17,27H,11H2,1-3H3,(H2,23,28). The third-order valence-electron chi connectivity index (χ3n) is 4.47. The third kappa shape index (κ3) is 5.71. The summed E-state index contributed by atoms with van der Waals surface area (Å²) in [6.45, 7) is 5.27. The fraction of sp³-hybridized carbons (Fsp3) is 0.333. The van der Waals surface area contributed by atoms with Crippen LogP contribution in [0.15, 0.2) is 47.1 Å². The number of nitrogens with two attached hydrogens (primary N) is 1. The molecule has 0 radical (unpaired) electrons. The number of primary amides is 1. The highest BCUT2D eigenvalue weighted by Crippen LogP contribution is 2.39. The van der Waals surface area contributed by atoms with Gasteiger partial charge in [-0.2, -0.15) is 4.98 Å². The van der Waals surface area contributed by atoms with Gasteiger partial charge in [-0.1, -0.05) is 49.7 Å². The van der Waals surface area contributed by atoms with Gasteiger partial charge in [0.05, 0.1) is 17.5 Å².